The van der Waals surface area contributed by atoms with E-state index in [-0.39, 0.29) is 18.3 Å². The van der Waals surface area contributed by atoms with Crippen molar-refractivity contribution in [2.75, 3.05) is 0 Å². The van der Waals surface area contributed by atoms with E-state index in [2.05, 4.69) is 20.5 Å². The van der Waals surface area contributed by atoms with Crippen LogP contribution < -0.4 is 5.32 Å². The maximum absolute atomic E-state index is 13.2. The smallest absolute Gasteiger partial charge is 0.309 e. The largest absolute Gasteiger partial charge is 0.412 e. The van der Waals surface area contributed by atoms with Crippen molar-refractivity contribution in [3.05, 3.63) is 66.1 Å². The summed E-state index contributed by atoms with van der Waals surface area (Å²) in [5.74, 6) is -1.03. The molecule has 0 saturated carbocycles. The van der Waals surface area contributed by atoms with Crippen LogP contribution in [0, 0.1) is 5.82 Å². The van der Waals surface area contributed by atoms with Gasteiger partial charge in [0.2, 0.25) is 5.89 Å². The number of carbonyl (C=O) groups excluding carboxylic acids is 1. The van der Waals surface area contributed by atoms with Gasteiger partial charge in [-0.15, -0.1) is 10.2 Å². The minimum Gasteiger partial charge on any atom is -0.412 e. The molecule has 22 heavy (non-hydrogen) atoms. The number of nitrogens with one attached hydrogen (secondary N) is 1. The monoisotopic (exact) mass is 298 g/mol. The highest BCUT2D eigenvalue weighted by molar-refractivity contribution is 5.89. The van der Waals surface area contributed by atoms with Crippen LogP contribution in [0.2, 0.25) is 0 Å². The Morgan fingerprint density at radius 2 is 2.09 bits per heavy atom. The highest BCUT2D eigenvalue weighted by Gasteiger charge is 2.16. The first-order valence-electron chi connectivity index (χ1n) is 6.50. The SMILES string of the molecule is O=C(NCc1ccccn1)c1nnc(-c2cccc(F)c2)o1. The molecule has 7 heteroatoms. The first-order valence-corrected chi connectivity index (χ1v) is 6.50. The lowest BCUT2D eigenvalue weighted by molar-refractivity contribution is 0.0916. The van der Waals surface area contributed by atoms with Crippen molar-refractivity contribution >= 4 is 5.91 Å². The molecule has 0 aliphatic rings. The van der Waals surface area contributed by atoms with E-state index in [1.165, 1.54) is 18.2 Å². The molecular weight excluding hydrogens is 287 g/mol. The molecule has 2 aromatic heterocycles. The van der Waals surface area contributed by atoms with Crippen molar-refractivity contribution in [2.45, 2.75) is 6.54 Å². The second kappa shape index (κ2) is 6.13. The summed E-state index contributed by atoms with van der Waals surface area (Å²) in [7, 11) is 0. The van der Waals surface area contributed by atoms with Crippen LogP contribution in [0.4, 0.5) is 4.39 Å². The van der Waals surface area contributed by atoms with Gasteiger partial charge in [-0.3, -0.25) is 9.78 Å². The molecule has 0 saturated heterocycles. The van der Waals surface area contributed by atoms with Gasteiger partial charge >= 0.3 is 11.8 Å². The molecule has 1 amide bonds. The maximum atomic E-state index is 13.2. The molecule has 3 aromatic rings. The van der Waals surface area contributed by atoms with Gasteiger partial charge in [0.05, 0.1) is 12.2 Å². The summed E-state index contributed by atoms with van der Waals surface area (Å²) >= 11 is 0. The lowest BCUT2D eigenvalue weighted by atomic mass is 10.2. The number of benzene rings is 1. The molecule has 0 aliphatic heterocycles. The number of hydrogen-bond donors (Lipinski definition) is 1. The van der Waals surface area contributed by atoms with Crippen LogP contribution in [0.15, 0.2) is 53.1 Å². The fourth-order valence-corrected chi connectivity index (χ4v) is 1.80. The van der Waals surface area contributed by atoms with Crippen molar-refractivity contribution in [2.24, 2.45) is 0 Å². The molecule has 0 aliphatic carbocycles. The lowest BCUT2D eigenvalue weighted by Gasteiger charge is -2.00. The van der Waals surface area contributed by atoms with E-state index in [0.717, 1.165) is 0 Å². The van der Waals surface area contributed by atoms with Crippen LogP contribution in [0.5, 0.6) is 0 Å². The molecule has 6 nitrogen and oxygen atoms in total. The average molecular weight is 298 g/mol. The van der Waals surface area contributed by atoms with Crippen molar-refractivity contribution in [3.8, 4) is 11.5 Å². The second-order valence-corrected chi connectivity index (χ2v) is 4.43. The molecule has 2 heterocycles. The number of amides is 1. The van der Waals surface area contributed by atoms with Gasteiger partial charge in [0.1, 0.15) is 5.82 Å². The Hall–Kier alpha value is -3.09. The van der Waals surface area contributed by atoms with Gasteiger partial charge < -0.3 is 9.73 Å². The van der Waals surface area contributed by atoms with Gasteiger partial charge in [0.15, 0.2) is 0 Å². The second-order valence-electron chi connectivity index (χ2n) is 4.43. The Balaban J connectivity index is 1.69. The normalized spacial score (nSPS) is 10.4. The molecule has 1 aromatic carbocycles. The number of hydrogen-bond acceptors (Lipinski definition) is 5. The number of halogens is 1. The van der Waals surface area contributed by atoms with Crippen molar-refractivity contribution in [3.63, 3.8) is 0 Å². The van der Waals surface area contributed by atoms with Gasteiger partial charge in [-0.2, -0.15) is 0 Å². The summed E-state index contributed by atoms with van der Waals surface area (Å²) in [6.07, 6.45) is 1.64. The molecule has 0 unspecified atom stereocenters. The van der Waals surface area contributed by atoms with Crippen LogP contribution in [0.3, 0.4) is 0 Å². The van der Waals surface area contributed by atoms with Gasteiger partial charge in [-0.25, -0.2) is 4.39 Å². The van der Waals surface area contributed by atoms with E-state index in [4.69, 9.17) is 4.42 Å². The number of aromatic nitrogens is 3. The zero-order valence-electron chi connectivity index (χ0n) is 11.4. The third-order valence-corrected chi connectivity index (χ3v) is 2.85. The summed E-state index contributed by atoms with van der Waals surface area (Å²) in [6.45, 7) is 0.247. The molecular formula is C15H11FN4O2. The maximum Gasteiger partial charge on any atom is 0.309 e. The van der Waals surface area contributed by atoms with E-state index < -0.39 is 11.7 Å². The quantitative estimate of drug-likeness (QED) is 0.798. The Morgan fingerprint density at radius 3 is 2.86 bits per heavy atom. The Labute approximate surface area is 125 Å². The fourth-order valence-electron chi connectivity index (χ4n) is 1.80. The van der Waals surface area contributed by atoms with Gasteiger partial charge in [0, 0.05) is 11.8 Å². The van der Waals surface area contributed by atoms with Crippen molar-refractivity contribution in [1.82, 2.24) is 20.5 Å². The first kappa shape index (κ1) is 13.9. The molecule has 0 radical (unpaired) electrons. The lowest BCUT2D eigenvalue weighted by Crippen LogP contribution is -2.23. The Bertz CT molecular complexity index is 789. The minimum atomic E-state index is -0.513. The third kappa shape index (κ3) is 3.14. The number of pyridine rings is 1. The summed E-state index contributed by atoms with van der Waals surface area (Å²) in [5, 5.41) is 10.0. The molecule has 0 bridgehead atoms. The predicted octanol–water partition coefficient (Wildman–Crippen LogP) is 2.20. The topological polar surface area (TPSA) is 80.9 Å². The number of nitrogens with zero attached hydrogens (tertiary/aromatic N) is 3. The van der Waals surface area contributed by atoms with Crippen LogP contribution in [-0.4, -0.2) is 21.1 Å². The summed E-state index contributed by atoms with van der Waals surface area (Å²) in [4.78, 5) is 16.0. The Kier molecular flexibility index (Phi) is 3.86. The van der Waals surface area contributed by atoms with E-state index in [1.807, 2.05) is 6.07 Å². The molecule has 0 atom stereocenters. The van der Waals surface area contributed by atoms with Gasteiger partial charge in [-0.1, -0.05) is 12.1 Å². The van der Waals surface area contributed by atoms with Crippen LogP contribution >= 0.6 is 0 Å². The molecule has 110 valence electrons. The van der Waals surface area contributed by atoms with Crippen LogP contribution in [0.25, 0.3) is 11.5 Å². The number of carbonyl (C=O) groups is 1. The van der Waals surface area contributed by atoms with E-state index >= 15 is 0 Å². The Morgan fingerprint density at radius 1 is 1.18 bits per heavy atom. The zero-order chi connectivity index (χ0) is 15.4. The van der Waals surface area contributed by atoms with E-state index in [1.54, 1.807) is 24.4 Å². The minimum absolute atomic E-state index is 0.0856. The van der Waals surface area contributed by atoms with Crippen LogP contribution in [-0.2, 0) is 6.54 Å². The predicted molar refractivity (Wildman–Crippen MR) is 75.1 cm³/mol. The van der Waals surface area contributed by atoms with Gasteiger partial charge in [-0.05, 0) is 30.3 Å². The molecule has 3 rings (SSSR count). The highest BCUT2D eigenvalue weighted by atomic mass is 19.1. The van der Waals surface area contributed by atoms with Crippen LogP contribution in [0.1, 0.15) is 16.4 Å². The fraction of sp³-hybridized carbons (Fsp3) is 0.0667. The molecule has 1 N–H and O–H groups in total. The van der Waals surface area contributed by atoms with Crippen molar-refractivity contribution in [1.29, 1.82) is 0 Å². The van der Waals surface area contributed by atoms with E-state index in [0.29, 0.717) is 11.3 Å². The van der Waals surface area contributed by atoms with Gasteiger partial charge in [0.25, 0.3) is 0 Å². The average Bonchev–Trinajstić information content (AvgIpc) is 3.04. The summed E-state index contributed by atoms with van der Waals surface area (Å²) in [6, 6.07) is 11.1. The highest BCUT2D eigenvalue weighted by Crippen LogP contribution is 2.18. The number of rotatable bonds is 4. The molecule has 0 spiro atoms. The third-order valence-electron chi connectivity index (χ3n) is 2.85. The summed E-state index contributed by atoms with van der Waals surface area (Å²) in [5.41, 5.74) is 1.12. The standard InChI is InChI=1S/C15H11FN4O2/c16-11-5-3-4-10(8-11)14-19-20-15(22-14)13(21)18-9-12-6-1-2-7-17-12/h1-8H,9H2,(H,18,21). The molecule has 0 fully saturated rings. The van der Waals surface area contributed by atoms with Crippen molar-refractivity contribution < 1.29 is 13.6 Å². The van der Waals surface area contributed by atoms with E-state index in [9.17, 15) is 9.18 Å². The summed E-state index contributed by atoms with van der Waals surface area (Å²) < 4.78 is 18.4. The zero-order valence-corrected chi connectivity index (χ0v) is 11.4. The first-order chi connectivity index (χ1) is 10.7.